The van der Waals surface area contributed by atoms with Crippen molar-refractivity contribution in [2.75, 3.05) is 25.1 Å². The van der Waals surface area contributed by atoms with Crippen molar-refractivity contribution >= 4 is 21.6 Å². The van der Waals surface area contributed by atoms with Gasteiger partial charge in [-0.1, -0.05) is 0 Å². The summed E-state index contributed by atoms with van der Waals surface area (Å²) < 4.78 is 7.05. The number of anilines is 1. The van der Waals surface area contributed by atoms with E-state index in [1.165, 1.54) is 17.5 Å². The van der Waals surface area contributed by atoms with Crippen LogP contribution in [0.2, 0.25) is 0 Å². The molecule has 7 heteroatoms. The standard InChI is InChI=1S/C12H18BrN3O3/c1-16-12(18)11(13)10(5-15-16)14-4-9(17)7-19-6-8-2-3-8/h5,8-9,14,17H,2-4,6-7H2,1H3. The average molecular weight is 332 g/mol. The Kier molecular flexibility index (Phi) is 4.95. The molecule has 1 saturated carbocycles. The number of nitrogens with one attached hydrogen (secondary N) is 1. The average Bonchev–Trinajstić information content (AvgIpc) is 3.19. The third-order valence-corrected chi connectivity index (χ3v) is 3.73. The molecule has 0 bridgehead atoms. The molecule has 1 fully saturated rings. The maximum absolute atomic E-state index is 11.6. The van der Waals surface area contributed by atoms with Gasteiger partial charge in [0.2, 0.25) is 0 Å². The van der Waals surface area contributed by atoms with Crippen LogP contribution < -0.4 is 10.9 Å². The highest BCUT2D eigenvalue weighted by Gasteiger charge is 2.21. The van der Waals surface area contributed by atoms with Crippen LogP contribution in [0.4, 0.5) is 5.69 Å². The van der Waals surface area contributed by atoms with Crippen LogP contribution in [0.15, 0.2) is 15.5 Å². The second kappa shape index (κ2) is 6.49. The van der Waals surface area contributed by atoms with E-state index in [2.05, 4.69) is 26.3 Å². The highest BCUT2D eigenvalue weighted by molar-refractivity contribution is 9.10. The summed E-state index contributed by atoms with van der Waals surface area (Å²) >= 11 is 3.21. The molecule has 1 aromatic rings. The maximum atomic E-state index is 11.6. The molecule has 6 nitrogen and oxygen atoms in total. The van der Waals surface area contributed by atoms with Crippen LogP contribution in [0.25, 0.3) is 0 Å². The van der Waals surface area contributed by atoms with Crippen molar-refractivity contribution in [2.24, 2.45) is 13.0 Å². The Morgan fingerprint density at radius 2 is 2.42 bits per heavy atom. The Hall–Kier alpha value is -0.920. The van der Waals surface area contributed by atoms with Crippen molar-refractivity contribution in [3.8, 4) is 0 Å². The summed E-state index contributed by atoms with van der Waals surface area (Å²) in [7, 11) is 1.58. The highest BCUT2D eigenvalue weighted by atomic mass is 79.9. The van der Waals surface area contributed by atoms with E-state index in [4.69, 9.17) is 4.74 Å². The summed E-state index contributed by atoms with van der Waals surface area (Å²) in [4.78, 5) is 11.6. The maximum Gasteiger partial charge on any atom is 0.282 e. The molecule has 1 unspecified atom stereocenters. The molecular formula is C12H18BrN3O3. The first kappa shape index (κ1) is 14.5. The van der Waals surface area contributed by atoms with Crippen LogP contribution in [-0.2, 0) is 11.8 Å². The number of hydrogen-bond donors (Lipinski definition) is 2. The van der Waals surface area contributed by atoms with Crippen molar-refractivity contribution in [2.45, 2.75) is 18.9 Å². The fraction of sp³-hybridized carbons (Fsp3) is 0.667. The number of aliphatic hydroxyl groups is 1. The first-order chi connectivity index (χ1) is 9.08. The Morgan fingerprint density at radius 1 is 1.68 bits per heavy atom. The molecule has 0 radical (unpaired) electrons. The van der Waals surface area contributed by atoms with Crippen LogP contribution in [0.1, 0.15) is 12.8 Å². The number of aromatic nitrogens is 2. The second-order valence-corrected chi connectivity index (χ2v) is 5.61. The van der Waals surface area contributed by atoms with Crippen LogP contribution >= 0.6 is 15.9 Å². The van der Waals surface area contributed by atoms with Gasteiger partial charge in [-0.05, 0) is 34.7 Å². The van der Waals surface area contributed by atoms with E-state index in [-0.39, 0.29) is 5.56 Å². The molecule has 0 saturated heterocycles. The Balaban J connectivity index is 1.77. The topological polar surface area (TPSA) is 76.4 Å². The van der Waals surface area contributed by atoms with Gasteiger partial charge in [0.05, 0.1) is 24.6 Å². The molecule has 0 aromatic carbocycles. The zero-order valence-electron chi connectivity index (χ0n) is 10.8. The lowest BCUT2D eigenvalue weighted by atomic mass is 10.3. The molecular weight excluding hydrogens is 314 g/mol. The van der Waals surface area contributed by atoms with Crippen LogP contribution in [0.3, 0.4) is 0 Å². The van der Waals surface area contributed by atoms with E-state index >= 15 is 0 Å². The van der Waals surface area contributed by atoms with Gasteiger partial charge in [-0.2, -0.15) is 5.10 Å². The number of ether oxygens (including phenoxy) is 1. The summed E-state index contributed by atoms with van der Waals surface area (Å²) in [5, 5.41) is 16.6. The quantitative estimate of drug-likeness (QED) is 0.770. The minimum atomic E-state index is -0.602. The Bertz CT molecular complexity index is 488. The minimum Gasteiger partial charge on any atom is -0.389 e. The van der Waals surface area contributed by atoms with Gasteiger partial charge in [0.1, 0.15) is 4.47 Å². The molecule has 0 aliphatic heterocycles. The predicted molar refractivity (Wildman–Crippen MR) is 75.2 cm³/mol. The van der Waals surface area contributed by atoms with E-state index in [1.54, 1.807) is 13.2 Å². The SMILES string of the molecule is Cn1ncc(NCC(O)COCC2CC2)c(Br)c1=O. The van der Waals surface area contributed by atoms with Gasteiger partial charge in [0, 0.05) is 20.2 Å². The van der Waals surface area contributed by atoms with Crippen molar-refractivity contribution in [1.82, 2.24) is 9.78 Å². The van der Waals surface area contributed by atoms with Crippen LogP contribution in [0.5, 0.6) is 0 Å². The Labute approximate surface area is 119 Å². The van der Waals surface area contributed by atoms with Crippen LogP contribution in [-0.4, -0.2) is 40.7 Å². The molecule has 1 aliphatic rings. The van der Waals surface area contributed by atoms with Crippen molar-refractivity contribution in [3.63, 3.8) is 0 Å². The molecule has 1 aliphatic carbocycles. The monoisotopic (exact) mass is 331 g/mol. The van der Waals surface area contributed by atoms with E-state index in [1.807, 2.05) is 0 Å². The van der Waals surface area contributed by atoms with E-state index < -0.39 is 6.10 Å². The number of aliphatic hydroxyl groups excluding tert-OH is 1. The van der Waals surface area contributed by atoms with Gasteiger partial charge >= 0.3 is 0 Å². The summed E-state index contributed by atoms with van der Waals surface area (Å²) in [6.07, 6.45) is 3.42. The van der Waals surface area contributed by atoms with Crippen molar-refractivity contribution in [1.29, 1.82) is 0 Å². The number of rotatable bonds is 7. The van der Waals surface area contributed by atoms with Gasteiger partial charge in [-0.15, -0.1) is 0 Å². The number of halogens is 1. The molecule has 0 spiro atoms. The fourth-order valence-electron chi connectivity index (χ4n) is 1.58. The summed E-state index contributed by atoms with van der Waals surface area (Å²) in [6.45, 7) is 1.35. The van der Waals surface area contributed by atoms with Crippen molar-refractivity contribution in [3.05, 3.63) is 21.0 Å². The predicted octanol–water partition coefficient (Wildman–Crippen LogP) is 0.742. The third-order valence-electron chi connectivity index (χ3n) is 2.97. The highest BCUT2D eigenvalue weighted by Crippen LogP contribution is 2.28. The summed E-state index contributed by atoms with van der Waals surface area (Å²) in [5.74, 6) is 0.690. The molecule has 19 heavy (non-hydrogen) atoms. The third kappa shape index (κ3) is 4.29. The van der Waals surface area contributed by atoms with Gasteiger partial charge < -0.3 is 15.2 Å². The first-order valence-electron chi connectivity index (χ1n) is 6.29. The van der Waals surface area contributed by atoms with Gasteiger partial charge in [0.25, 0.3) is 5.56 Å². The lowest BCUT2D eigenvalue weighted by molar-refractivity contribution is 0.0386. The lowest BCUT2D eigenvalue weighted by Gasteiger charge is -2.14. The first-order valence-corrected chi connectivity index (χ1v) is 7.08. The van der Waals surface area contributed by atoms with E-state index in [9.17, 15) is 9.90 Å². The van der Waals surface area contributed by atoms with Gasteiger partial charge in [-0.25, -0.2) is 4.68 Å². The molecule has 0 amide bonds. The smallest absolute Gasteiger partial charge is 0.282 e. The van der Waals surface area contributed by atoms with E-state index in [0.717, 1.165) is 6.61 Å². The van der Waals surface area contributed by atoms with Crippen molar-refractivity contribution < 1.29 is 9.84 Å². The zero-order valence-corrected chi connectivity index (χ0v) is 12.4. The lowest BCUT2D eigenvalue weighted by Crippen LogP contribution is -2.27. The zero-order chi connectivity index (χ0) is 13.8. The van der Waals surface area contributed by atoms with E-state index in [0.29, 0.717) is 29.2 Å². The van der Waals surface area contributed by atoms with Gasteiger partial charge in [0.15, 0.2) is 0 Å². The second-order valence-electron chi connectivity index (χ2n) is 4.82. The largest absolute Gasteiger partial charge is 0.389 e. The minimum absolute atomic E-state index is 0.218. The molecule has 1 atom stereocenters. The molecule has 2 N–H and O–H groups in total. The number of hydrogen-bond acceptors (Lipinski definition) is 5. The Morgan fingerprint density at radius 3 is 3.11 bits per heavy atom. The normalized spacial score (nSPS) is 16.4. The molecule has 106 valence electrons. The number of aryl methyl sites for hydroxylation is 1. The summed E-state index contributed by atoms with van der Waals surface area (Å²) in [6, 6.07) is 0. The van der Waals surface area contributed by atoms with Crippen LogP contribution in [0, 0.1) is 5.92 Å². The molecule has 2 rings (SSSR count). The molecule has 1 aromatic heterocycles. The van der Waals surface area contributed by atoms with Gasteiger partial charge in [-0.3, -0.25) is 4.79 Å². The number of nitrogens with zero attached hydrogens (tertiary/aromatic N) is 2. The fourth-order valence-corrected chi connectivity index (χ4v) is 2.08. The summed E-state index contributed by atoms with van der Waals surface area (Å²) in [5.41, 5.74) is 0.355. The molecule has 1 heterocycles.